The van der Waals surface area contributed by atoms with Crippen LogP contribution in [0.2, 0.25) is 0 Å². The van der Waals surface area contributed by atoms with Gasteiger partial charge in [-0.1, -0.05) is 24.3 Å². The van der Waals surface area contributed by atoms with Gasteiger partial charge in [0.1, 0.15) is 23.4 Å². The van der Waals surface area contributed by atoms with E-state index in [0.717, 1.165) is 0 Å². The molecule has 1 amide bonds. The number of aromatic nitrogens is 3. The predicted octanol–water partition coefficient (Wildman–Crippen LogP) is 4.31. The molecule has 0 spiro atoms. The number of carbonyl (C=O) groups excluding carboxylic acids is 2. The van der Waals surface area contributed by atoms with Crippen molar-refractivity contribution in [3.8, 4) is 11.1 Å². The van der Waals surface area contributed by atoms with Gasteiger partial charge in [-0.2, -0.15) is 0 Å². The van der Waals surface area contributed by atoms with Gasteiger partial charge in [0.25, 0.3) is 0 Å². The van der Waals surface area contributed by atoms with Gasteiger partial charge in [0.15, 0.2) is 0 Å². The molecule has 0 aliphatic rings. The highest BCUT2D eigenvalue weighted by molar-refractivity contribution is 9.10. The lowest BCUT2D eigenvalue weighted by atomic mass is 10.00. The van der Waals surface area contributed by atoms with E-state index in [-0.39, 0.29) is 12.4 Å². The molecule has 33 heavy (non-hydrogen) atoms. The number of amides is 1. The van der Waals surface area contributed by atoms with E-state index in [2.05, 4.69) is 37.8 Å². The quantitative estimate of drug-likeness (QED) is 0.370. The zero-order valence-electron chi connectivity index (χ0n) is 18.9. The average molecular weight is 516 g/mol. The monoisotopic (exact) mass is 515 g/mol. The van der Waals surface area contributed by atoms with Crippen molar-refractivity contribution in [2.24, 2.45) is 0 Å². The van der Waals surface area contributed by atoms with Gasteiger partial charge in [0.2, 0.25) is 0 Å². The molecule has 0 aliphatic carbocycles. The van der Waals surface area contributed by atoms with Crippen molar-refractivity contribution in [3.05, 3.63) is 53.4 Å². The Labute approximate surface area is 200 Å². The number of esters is 1. The zero-order chi connectivity index (χ0) is 24.3. The van der Waals surface area contributed by atoms with Crippen LogP contribution >= 0.6 is 15.9 Å². The molecule has 3 rings (SSSR count). The van der Waals surface area contributed by atoms with E-state index in [0.29, 0.717) is 32.3 Å². The number of halogens is 1. The van der Waals surface area contributed by atoms with Gasteiger partial charge in [-0.05, 0) is 48.3 Å². The molecule has 9 nitrogen and oxygen atoms in total. The Hall–Kier alpha value is -3.40. The zero-order valence-corrected chi connectivity index (χ0v) is 20.5. The smallest absolute Gasteiger partial charge is 0.408 e. The topological polar surface area (TPSA) is 121 Å². The van der Waals surface area contributed by atoms with E-state index < -0.39 is 23.7 Å². The molecule has 1 atom stereocenters. The van der Waals surface area contributed by atoms with Crippen molar-refractivity contribution in [1.29, 1.82) is 0 Å². The van der Waals surface area contributed by atoms with Crippen LogP contribution in [0.4, 0.5) is 10.6 Å². The van der Waals surface area contributed by atoms with Gasteiger partial charge >= 0.3 is 12.1 Å². The molecule has 0 bridgehead atoms. The minimum absolute atomic E-state index is 0.254. The maximum Gasteiger partial charge on any atom is 0.408 e. The van der Waals surface area contributed by atoms with E-state index >= 15 is 0 Å². The summed E-state index contributed by atoms with van der Waals surface area (Å²) < 4.78 is 12.8. The predicted molar refractivity (Wildman–Crippen MR) is 130 cm³/mol. The van der Waals surface area contributed by atoms with Crippen molar-refractivity contribution in [3.63, 3.8) is 0 Å². The molecular formula is C23H26BrN5O4. The first-order valence-corrected chi connectivity index (χ1v) is 10.9. The van der Waals surface area contributed by atoms with Gasteiger partial charge in [-0.15, -0.1) is 6.58 Å². The number of nitrogens with zero attached hydrogens (tertiary/aromatic N) is 3. The van der Waals surface area contributed by atoms with Crippen molar-refractivity contribution in [2.45, 2.75) is 39.0 Å². The number of carbonyl (C=O) groups is 2. The lowest BCUT2D eigenvalue weighted by Gasteiger charge is -2.22. The third kappa shape index (κ3) is 5.16. The van der Waals surface area contributed by atoms with Gasteiger partial charge in [0.05, 0.1) is 28.7 Å². The fraction of sp³-hybridized carbons (Fsp3) is 0.304. The van der Waals surface area contributed by atoms with Crippen LogP contribution in [-0.2, 0) is 16.0 Å². The largest absolute Gasteiger partial charge is 0.465 e. The molecule has 2 heterocycles. The van der Waals surface area contributed by atoms with Gasteiger partial charge in [-0.25, -0.2) is 19.6 Å². The first-order chi connectivity index (χ1) is 15.6. The summed E-state index contributed by atoms with van der Waals surface area (Å²) in [7, 11) is 1.33. The summed E-state index contributed by atoms with van der Waals surface area (Å²) in [5.41, 5.74) is 7.75. The third-order valence-corrected chi connectivity index (χ3v) is 5.60. The number of anilines is 1. The lowest BCUT2D eigenvalue weighted by molar-refractivity contribution is 0.0509. The molecular weight excluding hydrogens is 490 g/mol. The van der Waals surface area contributed by atoms with E-state index in [9.17, 15) is 9.59 Å². The molecule has 0 radical (unpaired) electrons. The Morgan fingerprint density at radius 3 is 2.64 bits per heavy atom. The molecule has 1 unspecified atom stereocenters. The van der Waals surface area contributed by atoms with E-state index in [1.165, 1.54) is 13.4 Å². The average Bonchev–Trinajstić information content (AvgIpc) is 3.04. The van der Waals surface area contributed by atoms with Crippen LogP contribution in [0.5, 0.6) is 0 Å². The number of nitrogen functional groups attached to an aromatic ring is 1. The van der Waals surface area contributed by atoms with Gasteiger partial charge in [-0.3, -0.25) is 0 Å². The molecule has 174 valence electrons. The molecule has 2 aromatic heterocycles. The van der Waals surface area contributed by atoms with Crippen molar-refractivity contribution < 1.29 is 19.1 Å². The van der Waals surface area contributed by atoms with Crippen LogP contribution in [0.1, 0.15) is 31.1 Å². The summed E-state index contributed by atoms with van der Waals surface area (Å²) in [5.74, 6) is -0.228. The number of hydrogen-bond acceptors (Lipinski definition) is 7. The minimum atomic E-state index is -0.636. The number of methoxy groups -OCH3 is 1. The number of alkyl carbamates (subject to hydrolysis) is 1. The Morgan fingerprint density at radius 2 is 2.00 bits per heavy atom. The standard InChI is InChI=1S/C23H26BrN5O4/c1-6-13(28-22(31)33-23(2,3)4)11-29-18(24)16(17-19(25)26-12-27-20(17)29)14-9-7-8-10-15(14)21(30)32-5/h6-10,12-13H,1,11H2,2-5H3,(H,28,31)(H2,25,26,27). The second kappa shape index (κ2) is 9.62. The Kier molecular flexibility index (Phi) is 7.06. The van der Waals surface area contributed by atoms with Crippen LogP contribution in [0.15, 0.2) is 47.9 Å². The number of fused-ring (bicyclic) bond motifs is 1. The van der Waals surface area contributed by atoms with E-state index in [1.54, 1.807) is 45.0 Å². The maximum atomic E-state index is 12.4. The fourth-order valence-corrected chi connectivity index (χ4v) is 4.13. The first kappa shape index (κ1) is 24.2. The maximum absolute atomic E-state index is 12.4. The lowest BCUT2D eigenvalue weighted by Crippen LogP contribution is -2.40. The third-order valence-electron chi connectivity index (χ3n) is 4.77. The second-order valence-electron chi connectivity index (χ2n) is 8.26. The highest BCUT2D eigenvalue weighted by atomic mass is 79.9. The molecule has 1 aromatic carbocycles. The van der Waals surface area contributed by atoms with Crippen molar-refractivity contribution in [2.75, 3.05) is 12.8 Å². The Morgan fingerprint density at radius 1 is 1.30 bits per heavy atom. The van der Waals surface area contributed by atoms with Crippen LogP contribution in [0.25, 0.3) is 22.2 Å². The number of hydrogen-bond donors (Lipinski definition) is 2. The second-order valence-corrected chi connectivity index (χ2v) is 9.01. The summed E-state index contributed by atoms with van der Waals surface area (Å²) in [4.78, 5) is 33.3. The molecule has 0 aliphatic heterocycles. The van der Waals surface area contributed by atoms with Gasteiger partial charge < -0.3 is 25.1 Å². The number of ether oxygens (including phenoxy) is 2. The first-order valence-electron chi connectivity index (χ1n) is 10.1. The van der Waals surface area contributed by atoms with Crippen LogP contribution in [0.3, 0.4) is 0 Å². The summed E-state index contributed by atoms with van der Waals surface area (Å²) in [5, 5.41) is 3.37. The molecule has 0 saturated heterocycles. The van der Waals surface area contributed by atoms with Crippen molar-refractivity contribution >= 4 is 44.8 Å². The SMILES string of the molecule is C=CC(Cn1c(Br)c(-c2ccccc2C(=O)OC)c2c(N)ncnc21)NC(=O)OC(C)(C)C. The summed E-state index contributed by atoms with van der Waals surface area (Å²) in [6.07, 6.45) is 2.40. The highest BCUT2D eigenvalue weighted by Gasteiger charge is 2.26. The number of nitrogens with two attached hydrogens (primary N) is 1. The van der Waals surface area contributed by atoms with E-state index in [1.807, 2.05) is 10.6 Å². The normalized spacial score (nSPS) is 12.3. The number of rotatable bonds is 6. The van der Waals surface area contributed by atoms with Crippen molar-refractivity contribution in [1.82, 2.24) is 19.9 Å². The molecule has 10 heteroatoms. The minimum Gasteiger partial charge on any atom is -0.465 e. The van der Waals surface area contributed by atoms with E-state index in [4.69, 9.17) is 15.2 Å². The summed E-state index contributed by atoms with van der Waals surface area (Å²) >= 11 is 3.65. The number of nitrogens with one attached hydrogen (secondary N) is 1. The van der Waals surface area contributed by atoms with Crippen LogP contribution < -0.4 is 11.1 Å². The highest BCUT2D eigenvalue weighted by Crippen LogP contribution is 2.41. The molecule has 3 aromatic rings. The molecule has 0 saturated carbocycles. The summed E-state index contributed by atoms with van der Waals surface area (Å²) in [6, 6.07) is 6.56. The molecule has 3 N–H and O–H groups in total. The Balaban J connectivity index is 2.12. The van der Waals surface area contributed by atoms with Gasteiger partial charge in [0, 0.05) is 12.1 Å². The Bertz CT molecular complexity index is 1220. The summed E-state index contributed by atoms with van der Waals surface area (Å²) in [6.45, 7) is 9.47. The number of benzene rings is 1. The molecule has 0 fully saturated rings. The van der Waals surface area contributed by atoms with Crippen LogP contribution in [-0.4, -0.2) is 45.4 Å². The van der Waals surface area contributed by atoms with Crippen LogP contribution in [0, 0.1) is 0 Å². The fourth-order valence-electron chi connectivity index (χ4n) is 3.40.